The highest BCUT2D eigenvalue weighted by Gasteiger charge is 2.45. The summed E-state index contributed by atoms with van der Waals surface area (Å²) in [4.78, 5) is 11.9. The minimum atomic E-state index is 0.321. The molecule has 1 aliphatic carbocycles. The quantitative estimate of drug-likeness (QED) is 0.531. The fourth-order valence-electron chi connectivity index (χ4n) is 4.62. The molecule has 0 radical (unpaired) electrons. The number of hydrogen-bond acceptors (Lipinski definition) is 5. The van der Waals surface area contributed by atoms with Crippen LogP contribution in [0.15, 0.2) is 36.7 Å². The van der Waals surface area contributed by atoms with Gasteiger partial charge < -0.3 is 10.2 Å². The molecule has 3 aromatic heterocycles. The summed E-state index contributed by atoms with van der Waals surface area (Å²) in [6.45, 7) is 5.11. The molecule has 0 amide bonds. The van der Waals surface area contributed by atoms with Gasteiger partial charge in [-0.1, -0.05) is 11.6 Å². The second kappa shape index (κ2) is 6.40. The van der Waals surface area contributed by atoms with Crippen LogP contribution in [0.5, 0.6) is 0 Å². The summed E-state index contributed by atoms with van der Waals surface area (Å²) in [6, 6.07) is 8.32. The van der Waals surface area contributed by atoms with Crippen molar-refractivity contribution in [3.8, 4) is 11.3 Å². The molecule has 7 heteroatoms. The Hall–Kier alpha value is -2.70. The Morgan fingerprint density at radius 2 is 2.03 bits per heavy atom. The van der Waals surface area contributed by atoms with Gasteiger partial charge in [-0.15, -0.1) is 0 Å². The lowest BCUT2D eigenvalue weighted by Crippen LogP contribution is -2.52. The second-order valence-electron chi connectivity index (χ2n) is 8.72. The summed E-state index contributed by atoms with van der Waals surface area (Å²) in [6.07, 6.45) is 6.49. The maximum absolute atomic E-state index is 6.73. The molecule has 6 rings (SSSR count). The minimum Gasteiger partial charge on any atom is -0.367 e. The highest BCUT2D eigenvalue weighted by molar-refractivity contribution is 6.35. The molecule has 1 aliphatic heterocycles. The number of nitrogens with zero attached hydrogens (tertiary/aromatic N) is 5. The molecule has 152 valence electrons. The van der Waals surface area contributed by atoms with Gasteiger partial charge in [-0.05, 0) is 49.6 Å². The lowest BCUT2D eigenvalue weighted by molar-refractivity contribution is 0.442. The molecule has 30 heavy (non-hydrogen) atoms. The maximum Gasteiger partial charge on any atom is 0.161 e. The van der Waals surface area contributed by atoms with E-state index in [1.165, 1.54) is 12.8 Å². The van der Waals surface area contributed by atoms with Crippen molar-refractivity contribution in [3.63, 3.8) is 0 Å². The van der Waals surface area contributed by atoms with Crippen LogP contribution in [0.25, 0.3) is 33.2 Å². The predicted molar refractivity (Wildman–Crippen MR) is 121 cm³/mol. The molecule has 6 nitrogen and oxygen atoms in total. The number of benzene rings is 1. The van der Waals surface area contributed by atoms with Gasteiger partial charge in [-0.2, -0.15) is 5.10 Å². The third-order valence-electron chi connectivity index (χ3n) is 6.40. The summed E-state index contributed by atoms with van der Waals surface area (Å²) in [5, 5.41) is 10.9. The van der Waals surface area contributed by atoms with Crippen molar-refractivity contribution >= 4 is 39.2 Å². The van der Waals surface area contributed by atoms with Gasteiger partial charge in [0, 0.05) is 54.8 Å². The number of rotatable bonds is 2. The first-order valence-corrected chi connectivity index (χ1v) is 10.8. The number of nitrogens with one attached hydrogen (secondary N) is 1. The molecule has 0 atom stereocenters. The monoisotopic (exact) mass is 418 g/mol. The van der Waals surface area contributed by atoms with Gasteiger partial charge in [-0.3, -0.25) is 4.68 Å². The Labute approximate surface area is 179 Å². The fraction of sp³-hybridized carbons (Fsp3) is 0.348. The smallest absolute Gasteiger partial charge is 0.161 e. The van der Waals surface area contributed by atoms with Gasteiger partial charge in [-0.25, -0.2) is 9.97 Å². The third kappa shape index (κ3) is 2.94. The van der Waals surface area contributed by atoms with E-state index in [-0.39, 0.29) is 0 Å². The Kier molecular flexibility index (Phi) is 3.86. The zero-order valence-electron chi connectivity index (χ0n) is 17.1. The Morgan fingerprint density at radius 1 is 1.17 bits per heavy atom. The van der Waals surface area contributed by atoms with Crippen LogP contribution in [0.1, 0.15) is 18.4 Å². The lowest BCUT2D eigenvalue weighted by atomic mass is 10.0. The van der Waals surface area contributed by atoms with Crippen molar-refractivity contribution in [2.75, 3.05) is 24.5 Å². The van der Waals surface area contributed by atoms with Gasteiger partial charge in [0.2, 0.25) is 0 Å². The van der Waals surface area contributed by atoms with Gasteiger partial charge in [0.25, 0.3) is 0 Å². The molecule has 4 heterocycles. The maximum atomic E-state index is 6.73. The van der Waals surface area contributed by atoms with Crippen molar-refractivity contribution in [3.05, 3.63) is 47.2 Å². The first-order valence-electron chi connectivity index (χ1n) is 10.4. The minimum absolute atomic E-state index is 0.321. The summed E-state index contributed by atoms with van der Waals surface area (Å²) < 4.78 is 1.84. The molecule has 1 spiro atoms. The number of fused-ring (bicyclic) bond motifs is 2. The van der Waals surface area contributed by atoms with Crippen molar-refractivity contribution < 1.29 is 0 Å². The lowest BCUT2D eigenvalue weighted by Gasteiger charge is -2.35. The summed E-state index contributed by atoms with van der Waals surface area (Å²) in [5.41, 5.74) is 6.13. The van der Waals surface area contributed by atoms with Gasteiger partial charge in [0.05, 0.1) is 28.1 Å². The first-order chi connectivity index (χ1) is 14.5. The Morgan fingerprint density at radius 3 is 2.87 bits per heavy atom. The van der Waals surface area contributed by atoms with Crippen molar-refractivity contribution in [2.24, 2.45) is 7.05 Å². The Bertz CT molecular complexity index is 1310. The van der Waals surface area contributed by atoms with Gasteiger partial charge >= 0.3 is 0 Å². The molecular formula is C23H23ClN6. The number of hydrogen-bond donors (Lipinski definition) is 1. The van der Waals surface area contributed by atoms with Crippen LogP contribution < -0.4 is 10.2 Å². The largest absolute Gasteiger partial charge is 0.367 e. The van der Waals surface area contributed by atoms with Crippen LogP contribution in [0.2, 0.25) is 5.02 Å². The van der Waals surface area contributed by atoms with Crippen LogP contribution >= 0.6 is 11.6 Å². The second-order valence-corrected chi connectivity index (χ2v) is 9.12. The molecule has 0 unspecified atom stereocenters. The van der Waals surface area contributed by atoms with E-state index in [1.807, 2.05) is 30.2 Å². The summed E-state index contributed by atoms with van der Waals surface area (Å²) >= 11 is 6.73. The molecule has 2 fully saturated rings. The number of pyridine rings is 2. The standard InChI is InChI=1S/C23H23ClN6/c1-14-7-15(8-16-12-29(2)28-21(14)16)20-10-19(24)18-9-17(11-25-22(18)27-20)30-6-5-26-23(13-30)3-4-23/h7-12,26H,3-6,13H2,1-2H3. The van der Waals surface area contributed by atoms with Crippen LogP contribution in [0, 0.1) is 6.92 Å². The molecule has 4 aromatic rings. The molecule has 1 N–H and O–H groups in total. The molecule has 1 aromatic carbocycles. The normalized spacial score (nSPS) is 17.9. The van der Waals surface area contributed by atoms with E-state index in [4.69, 9.17) is 16.6 Å². The van der Waals surface area contributed by atoms with E-state index in [9.17, 15) is 0 Å². The van der Waals surface area contributed by atoms with Crippen molar-refractivity contribution in [1.29, 1.82) is 0 Å². The molecule has 2 aliphatic rings. The van der Waals surface area contributed by atoms with Crippen molar-refractivity contribution in [2.45, 2.75) is 25.3 Å². The number of aryl methyl sites for hydroxylation is 2. The molecule has 0 bridgehead atoms. The Balaban J connectivity index is 1.40. The van der Waals surface area contributed by atoms with E-state index >= 15 is 0 Å². The van der Waals surface area contributed by atoms with Crippen LogP contribution in [0.3, 0.4) is 0 Å². The van der Waals surface area contributed by atoms with E-state index in [0.29, 0.717) is 16.2 Å². The van der Waals surface area contributed by atoms with E-state index in [0.717, 1.165) is 58.4 Å². The average Bonchev–Trinajstić information content (AvgIpc) is 3.35. The average molecular weight is 419 g/mol. The third-order valence-corrected chi connectivity index (χ3v) is 6.72. The number of halogens is 1. The molecule has 1 saturated carbocycles. The molecule has 1 saturated heterocycles. The fourth-order valence-corrected chi connectivity index (χ4v) is 4.86. The first kappa shape index (κ1) is 18.1. The van der Waals surface area contributed by atoms with Crippen LogP contribution in [-0.4, -0.2) is 44.9 Å². The zero-order chi connectivity index (χ0) is 20.5. The van der Waals surface area contributed by atoms with Crippen LogP contribution in [-0.2, 0) is 7.05 Å². The summed E-state index contributed by atoms with van der Waals surface area (Å²) in [7, 11) is 1.94. The molecular weight excluding hydrogens is 396 g/mol. The van der Waals surface area contributed by atoms with Crippen LogP contribution in [0.4, 0.5) is 5.69 Å². The van der Waals surface area contributed by atoms with E-state index in [1.54, 1.807) is 0 Å². The topological polar surface area (TPSA) is 58.9 Å². The van der Waals surface area contributed by atoms with E-state index < -0.39 is 0 Å². The number of aromatic nitrogens is 4. The number of piperazine rings is 1. The van der Waals surface area contributed by atoms with E-state index in [2.05, 4.69) is 45.4 Å². The van der Waals surface area contributed by atoms with Crippen molar-refractivity contribution in [1.82, 2.24) is 25.1 Å². The highest BCUT2D eigenvalue weighted by Crippen LogP contribution is 2.39. The zero-order valence-corrected chi connectivity index (χ0v) is 17.9. The predicted octanol–water partition coefficient (Wildman–Crippen LogP) is 4.09. The number of anilines is 1. The van der Waals surface area contributed by atoms with Gasteiger partial charge in [0.15, 0.2) is 5.65 Å². The van der Waals surface area contributed by atoms with Gasteiger partial charge in [0.1, 0.15) is 0 Å². The highest BCUT2D eigenvalue weighted by atomic mass is 35.5. The summed E-state index contributed by atoms with van der Waals surface area (Å²) in [5.74, 6) is 0. The SMILES string of the molecule is Cc1cc(-c2cc(Cl)c3cc(N4CCNC5(CC5)C4)cnc3n2)cc2cn(C)nc12.